The SMILES string of the molecule is CCOC(=O)[C@H]1C(=O)N(Cc2ccccc2)c2nc3ccccc3n2[C@H]1C(C)C. The molecule has 0 bridgehead atoms. The zero-order valence-electron chi connectivity index (χ0n) is 16.9. The van der Waals surface area contributed by atoms with Crippen molar-refractivity contribution in [2.24, 2.45) is 11.8 Å². The van der Waals surface area contributed by atoms with Gasteiger partial charge in [0.25, 0.3) is 0 Å². The van der Waals surface area contributed by atoms with Gasteiger partial charge in [-0.15, -0.1) is 0 Å². The molecular formula is C23H25N3O3. The number of para-hydroxylation sites is 2. The number of esters is 1. The van der Waals surface area contributed by atoms with Gasteiger partial charge in [0.15, 0.2) is 5.92 Å². The number of nitrogens with zero attached hydrogens (tertiary/aromatic N) is 3. The highest BCUT2D eigenvalue weighted by Gasteiger charge is 2.48. The number of anilines is 1. The molecule has 1 aliphatic heterocycles. The fourth-order valence-electron chi connectivity index (χ4n) is 4.15. The zero-order chi connectivity index (χ0) is 20.5. The van der Waals surface area contributed by atoms with Crippen molar-refractivity contribution < 1.29 is 14.3 Å². The molecule has 29 heavy (non-hydrogen) atoms. The third kappa shape index (κ3) is 3.28. The molecule has 0 radical (unpaired) electrons. The molecule has 0 saturated heterocycles. The highest BCUT2D eigenvalue weighted by atomic mass is 16.5. The molecule has 1 aromatic heterocycles. The fourth-order valence-corrected chi connectivity index (χ4v) is 4.15. The number of carbonyl (C=O) groups is 2. The van der Waals surface area contributed by atoms with Gasteiger partial charge >= 0.3 is 5.97 Å². The topological polar surface area (TPSA) is 64.4 Å². The summed E-state index contributed by atoms with van der Waals surface area (Å²) in [5.41, 5.74) is 2.70. The highest BCUT2D eigenvalue weighted by Crippen LogP contribution is 2.41. The molecule has 150 valence electrons. The molecule has 4 rings (SSSR count). The Bertz CT molecular complexity index is 1040. The first-order valence-corrected chi connectivity index (χ1v) is 10.0. The average molecular weight is 391 g/mol. The lowest BCUT2D eigenvalue weighted by atomic mass is 9.87. The Labute approximate surface area is 170 Å². The number of ether oxygens (including phenoxy) is 1. The second kappa shape index (κ2) is 7.70. The van der Waals surface area contributed by atoms with E-state index in [9.17, 15) is 9.59 Å². The number of fused-ring (bicyclic) bond motifs is 3. The summed E-state index contributed by atoms with van der Waals surface area (Å²) in [5, 5.41) is 0. The number of imidazole rings is 1. The van der Waals surface area contributed by atoms with Gasteiger partial charge < -0.3 is 9.30 Å². The van der Waals surface area contributed by atoms with Crippen LogP contribution < -0.4 is 4.90 Å². The number of carbonyl (C=O) groups excluding carboxylic acids is 2. The van der Waals surface area contributed by atoms with E-state index < -0.39 is 11.9 Å². The van der Waals surface area contributed by atoms with E-state index >= 15 is 0 Å². The third-order valence-electron chi connectivity index (χ3n) is 5.40. The van der Waals surface area contributed by atoms with Crippen LogP contribution in [0.1, 0.15) is 32.4 Å². The van der Waals surface area contributed by atoms with Crippen LogP contribution in [0, 0.1) is 11.8 Å². The van der Waals surface area contributed by atoms with Gasteiger partial charge in [0.1, 0.15) is 0 Å². The number of amides is 1. The van der Waals surface area contributed by atoms with Crippen LogP contribution in [0.25, 0.3) is 11.0 Å². The summed E-state index contributed by atoms with van der Waals surface area (Å²) >= 11 is 0. The molecule has 0 fully saturated rings. The predicted octanol–water partition coefficient (Wildman–Crippen LogP) is 3.96. The Morgan fingerprint density at radius 1 is 1.10 bits per heavy atom. The molecule has 2 heterocycles. The van der Waals surface area contributed by atoms with E-state index in [-0.39, 0.29) is 24.5 Å². The highest BCUT2D eigenvalue weighted by molar-refractivity contribution is 6.08. The standard InChI is InChI=1S/C23H25N3O3/c1-4-29-22(28)19-20(15(2)3)26-18-13-9-8-12-17(18)24-23(26)25(21(19)27)14-16-10-6-5-7-11-16/h5-13,15,19-20H,4,14H2,1-3H3/t19-,20+/m1/s1. The Balaban J connectivity index is 1.91. The van der Waals surface area contributed by atoms with Crippen LogP contribution in [0.4, 0.5) is 5.95 Å². The lowest BCUT2D eigenvalue weighted by molar-refractivity contribution is -0.154. The maximum atomic E-state index is 13.6. The van der Waals surface area contributed by atoms with Gasteiger partial charge in [-0.1, -0.05) is 56.3 Å². The molecule has 1 aliphatic rings. The number of aromatic nitrogens is 2. The van der Waals surface area contributed by atoms with Gasteiger partial charge in [0.2, 0.25) is 11.9 Å². The van der Waals surface area contributed by atoms with Gasteiger partial charge in [-0.25, -0.2) is 4.98 Å². The van der Waals surface area contributed by atoms with E-state index in [0.717, 1.165) is 16.6 Å². The van der Waals surface area contributed by atoms with Crippen molar-refractivity contribution in [3.63, 3.8) is 0 Å². The van der Waals surface area contributed by atoms with Crippen molar-refractivity contribution in [2.75, 3.05) is 11.5 Å². The fraction of sp³-hybridized carbons (Fsp3) is 0.348. The molecule has 6 nitrogen and oxygen atoms in total. The second-order valence-corrected chi connectivity index (χ2v) is 7.64. The number of hydrogen-bond acceptors (Lipinski definition) is 4. The van der Waals surface area contributed by atoms with Crippen LogP contribution in [0.3, 0.4) is 0 Å². The molecular weight excluding hydrogens is 366 g/mol. The first-order valence-electron chi connectivity index (χ1n) is 10.0. The largest absolute Gasteiger partial charge is 0.465 e. The van der Waals surface area contributed by atoms with Crippen molar-refractivity contribution in [3.8, 4) is 0 Å². The third-order valence-corrected chi connectivity index (χ3v) is 5.40. The lowest BCUT2D eigenvalue weighted by Crippen LogP contribution is -2.50. The summed E-state index contributed by atoms with van der Waals surface area (Å²) in [6.45, 7) is 6.40. The van der Waals surface area contributed by atoms with Crippen molar-refractivity contribution in [3.05, 3.63) is 60.2 Å². The predicted molar refractivity (Wildman–Crippen MR) is 111 cm³/mol. The summed E-state index contributed by atoms with van der Waals surface area (Å²) in [5.74, 6) is -1.00. The maximum absolute atomic E-state index is 13.6. The van der Waals surface area contributed by atoms with Gasteiger partial charge in [0.05, 0.1) is 30.2 Å². The second-order valence-electron chi connectivity index (χ2n) is 7.64. The molecule has 2 aromatic carbocycles. The van der Waals surface area contributed by atoms with Crippen molar-refractivity contribution in [1.82, 2.24) is 9.55 Å². The van der Waals surface area contributed by atoms with Crippen molar-refractivity contribution in [2.45, 2.75) is 33.4 Å². The molecule has 0 N–H and O–H groups in total. The molecule has 6 heteroatoms. The Morgan fingerprint density at radius 2 is 1.79 bits per heavy atom. The number of rotatable bonds is 5. The average Bonchev–Trinajstić information content (AvgIpc) is 3.09. The van der Waals surface area contributed by atoms with Crippen LogP contribution in [-0.4, -0.2) is 28.0 Å². The monoisotopic (exact) mass is 391 g/mol. The van der Waals surface area contributed by atoms with Crippen molar-refractivity contribution >= 4 is 28.9 Å². The van der Waals surface area contributed by atoms with Crippen LogP contribution in [0.2, 0.25) is 0 Å². The van der Waals surface area contributed by atoms with E-state index in [1.807, 2.05) is 73.0 Å². The van der Waals surface area contributed by atoms with Crippen molar-refractivity contribution in [1.29, 1.82) is 0 Å². The quantitative estimate of drug-likeness (QED) is 0.488. The number of hydrogen-bond donors (Lipinski definition) is 0. The summed E-state index contributed by atoms with van der Waals surface area (Å²) in [7, 11) is 0. The maximum Gasteiger partial charge on any atom is 0.320 e. The minimum absolute atomic E-state index is 0.0450. The van der Waals surface area contributed by atoms with E-state index in [1.54, 1.807) is 11.8 Å². The van der Waals surface area contributed by atoms with Crippen LogP contribution in [0.5, 0.6) is 0 Å². The van der Waals surface area contributed by atoms with E-state index in [4.69, 9.17) is 9.72 Å². The van der Waals surface area contributed by atoms with Gasteiger partial charge in [-0.2, -0.15) is 0 Å². The van der Waals surface area contributed by atoms with Crippen LogP contribution in [0.15, 0.2) is 54.6 Å². The Morgan fingerprint density at radius 3 is 2.48 bits per heavy atom. The minimum atomic E-state index is -0.899. The van der Waals surface area contributed by atoms with E-state index in [2.05, 4.69) is 0 Å². The smallest absolute Gasteiger partial charge is 0.320 e. The van der Waals surface area contributed by atoms with Gasteiger partial charge in [0, 0.05) is 0 Å². The summed E-state index contributed by atoms with van der Waals surface area (Å²) in [6, 6.07) is 17.2. The first kappa shape index (κ1) is 19.2. The minimum Gasteiger partial charge on any atom is -0.465 e. The van der Waals surface area contributed by atoms with Crippen LogP contribution >= 0.6 is 0 Å². The molecule has 0 unspecified atom stereocenters. The molecule has 0 spiro atoms. The lowest BCUT2D eigenvalue weighted by Gasteiger charge is -2.39. The normalized spacial score (nSPS) is 18.9. The molecule has 0 saturated carbocycles. The Kier molecular flexibility index (Phi) is 5.09. The van der Waals surface area contributed by atoms with E-state index in [1.165, 1.54) is 0 Å². The first-order chi connectivity index (χ1) is 14.0. The van der Waals surface area contributed by atoms with Crippen LogP contribution in [-0.2, 0) is 20.9 Å². The van der Waals surface area contributed by atoms with Gasteiger partial charge in [-0.3, -0.25) is 14.5 Å². The molecule has 3 aromatic rings. The molecule has 1 amide bonds. The summed E-state index contributed by atoms with van der Waals surface area (Å²) in [6.07, 6.45) is 0. The van der Waals surface area contributed by atoms with E-state index in [0.29, 0.717) is 12.5 Å². The number of benzene rings is 2. The summed E-state index contributed by atoms with van der Waals surface area (Å²) < 4.78 is 7.36. The molecule has 0 aliphatic carbocycles. The zero-order valence-corrected chi connectivity index (χ0v) is 16.9. The Hall–Kier alpha value is -3.15. The molecule has 2 atom stereocenters. The summed E-state index contributed by atoms with van der Waals surface area (Å²) in [4.78, 5) is 32.8. The van der Waals surface area contributed by atoms with Gasteiger partial charge in [-0.05, 0) is 30.5 Å².